The third-order valence-corrected chi connectivity index (χ3v) is 6.83. The molecule has 0 bridgehead atoms. The van der Waals surface area contributed by atoms with Crippen molar-refractivity contribution in [3.8, 4) is 0 Å². The number of ether oxygens (including phenoxy) is 1. The fourth-order valence-electron chi connectivity index (χ4n) is 3.16. The van der Waals surface area contributed by atoms with Crippen molar-refractivity contribution in [3.63, 3.8) is 0 Å². The van der Waals surface area contributed by atoms with Gasteiger partial charge in [0.1, 0.15) is 10.7 Å². The van der Waals surface area contributed by atoms with Crippen molar-refractivity contribution in [2.75, 3.05) is 16.6 Å². The van der Waals surface area contributed by atoms with Crippen LogP contribution in [0, 0.1) is 0 Å². The molecule has 1 heterocycles. The maximum Gasteiger partial charge on any atom is 0.264 e. The van der Waals surface area contributed by atoms with E-state index in [2.05, 4.69) is 26.6 Å². The number of halogens is 2. The Morgan fingerprint density at radius 1 is 0.971 bits per heavy atom. The number of anilines is 3. The van der Waals surface area contributed by atoms with E-state index in [-0.39, 0.29) is 26.6 Å². The van der Waals surface area contributed by atoms with E-state index >= 15 is 0 Å². The molecule has 4 rings (SSSR count). The Bertz CT molecular complexity index is 1480. The van der Waals surface area contributed by atoms with Crippen LogP contribution in [0.4, 0.5) is 17.3 Å². The predicted molar refractivity (Wildman–Crippen MR) is 137 cm³/mol. The molecule has 4 aromatic rings. The van der Waals surface area contributed by atoms with E-state index in [4.69, 9.17) is 27.9 Å². The van der Waals surface area contributed by atoms with Gasteiger partial charge < -0.3 is 10.1 Å². The third kappa shape index (κ3) is 5.25. The number of benzene rings is 3. The molecule has 0 aliphatic carbocycles. The van der Waals surface area contributed by atoms with Gasteiger partial charge in [0, 0.05) is 16.3 Å². The molecular formula is C24H20Cl2N4O3S. The highest BCUT2D eigenvalue weighted by Gasteiger charge is 2.22. The number of rotatable bonds is 8. The van der Waals surface area contributed by atoms with Gasteiger partial charge >= 0.3 is 0 Å². The van der Waals surface area contributed by atoms with Crippen LogP contribution in [0.5, 0.6) is 0 Å². The Balaban J connectivity index is 1.72. The zero-order valence-electron chi connectivity index (χ0n) is 18.0. The fraction of sp³-hybridized carbons (Fsp3) is 0.0833. The highest BCUT2D eigenvalue weighted by atomic mass is 35.5. The topological polar surface area (TPSA) is 93.2 Å². The van der Waals surface area contributed by atoms with E-state index in [1.54, 1.807) is 18.2 Å². The van der Waals surface area contributed by atoms with Gasteiger partial charge in [-0.05, 0) is 61.5 Å². The van der Waals surface area contributed by atoms with Gasteiger partial charge in [-0.3, -0.25) is 4.72 Å². The van der Waals surface area contributed by atoms with Crippen LogP contribution < -0.4 is 10.0 Å². The Labute approximate surface area is 207 Å². The highest BCUT2D eigenvalue weighted by Crippen LogP contribution is 2.30. The molecule has 0 amide bonds. The number of nitrogens with zero attached hydrogens (tertiary/aromatic N) is 2. The number of fused-ring (bicyclic) bond motifs is 1. The summed E-state index contributed by atoms with van der Waals surface area (Å²) in [5, 5.41) is 3.40. The van der Waals surface area contributed by atoms with E-state index in [1.807, 2.05) is 37.3 Å². The summed E-state index contributed by atoms with van der Waals surface area (Å²) >= 11 is 12.1. The zero-order valence-corrected chi connectivity index (χ0v) is 20.4. The van der Waals surface area contributed by atoms with Crippen LogP contribution >= 0.6 is 23.2 Å². The molecule has 7 nitrogen and oxygen atoms in total. The van der Waals surface area contributed by atoms with Gasteiger partial charge in [-0.25, -0.2) is 18.4 Å². The third-order valence-electron chi connectivity index (χ3n) is 4.77. The van der Waals surface area contributed by atoms with Crippen LogP contribution in [0.25, 0.3) is 16.8 Å². The first-order valence-corrected chi connectivity index (χ1v) is 12.4. The van der Waals surface area contributed by atoms with Crippen molar-refractivity contribution in [1.29, 1.82) is 0 Å². The summed E-state index contributed by atoms with van der Waals surface area (Å²) in [6, 6.07) is 18.6. The molecule has 34 heavy (non-hydrogen) atoms. The quantitative estimate of drug-likeness (QED) is 0.261. The zero-order chi connectivity index (χ0) is 24.3. The van der Waals surface area contributed by atoms with E-state index in [0.29, 0.717) is 29.1 Å². The SMILES string of the molecule is C=C(OCC)c1ccc(Nc2nc3ccccc3nc2NS(=O)(=O)c2cc(Cl)ccc2Cl)cc1. The summed E-state index contributed by atoms with van der Waals surface area (Å²) in [6.07, 6.45) is 0. The summed E-state index contributed by atoms with van der Waals surface area (Å²) in [5.41, 5.74) is 2.61. The Hall–Kier alpha value is -3.33. The summed E-state index contributed by atoms with van der Waals surface area (Å²) in [7, 11) is -4.11. The average Bonchev–Trinajstić information content (AvgIpc) is 2.81. The lowest BCUT2D eigenvalue weighted by molar-refractivity contribution is 0.299. The summed E-state index contributed by atoms with van der Waals surface area (Å²) in [4.78, 5) is 8.89. The van der Waals surface area contributed by atoms with Crippen LogP contribution in [0.2, 0.25) is 10.0 Å². The predicted octanol–water partition coefficient (Wildman–Crippen LogP) is 6.49. The average molecular weight is 515 g/mol. The molecule has 0 saturated heterocycles. The Morgan fingerprint density at radius 3 is 2.26 bits per heavy atom. The smallest absolute Gasteiger partial charge is 0.264 e. The molecule has 174 valence electrons. The van der Waals surface area contributed by atoms with Gasteiger partial charge in [0.05, 0.1) is 22.7 Å². The second kappa shape index (κ2) is 9.89. The monoisotopic (exact) mass is 514 g/mol. The molecule has 0 radical (unpaired) electrons. The number of para-hydroxylation sites is 2. The van der Waals surface area contributed by atoms with Crippen LogP contribution in [0.3, 0.4) is 0 Å². The van der Waals surface area contributed by atoms with Crippen LogP contribution in [0.1, 0.15) is 12.5 Å². The number of hydrogen-bond donors (Lipinski definition) is 2. The Morgan fingerprint density at radius 2 is 1.62 bits per heavy atom. The van der Waals surface area contributed by atoms with E-state index in [0.717, 1.165) is 5.56 Å². The van der Waals surface area contributed by atoms with Crippen LogP contribution in [0.15, 0.2) is 78.2 Å². The minimum Gasteiger partial charge on any atom is -0.494 e. The maximum atomic E-state index is 13.1. The van der Waals surface area contributed by atoms with Gasteiger partial charge in [-0.15, -0.1) is 0 Å². The molecule has 0 atom stereocenters. The van der Waals surface area contributed by atoms with Gasteiger partial charge in [0.25, 0.3) is 10.0 Å². The number of hydrogen-bond acceptors (Lipinski definition) is 6. The van der Waals surface area contributed by atoms with Gasteiger partial charge in [-0.1, -0.05) is 41.9 Å². The lowest BCUT2D eigenvalue weighted by Crippen LogP contribution is -2.16. The van der Waals surface area contributed by atoms with E-state index in [1.165, 1.54) is 18.2 Å². The summed E-state index contributed by atoms with van der Waals surface area (Å²) < 4.78 is 34.2. The van der Waals surface area contributed by atoms with Crippen molar-refractivity contribution in [2.45, 2.75) is 11.8 Å². The van der Waals surface area contributed by atoms with Crippen molar-refractivity contribution in [1.82, 2.24) is 9.97 Å². The second-order valence-electron chi connectivity index (χ2n) is 7.15. The first-order valence-electron chi connectivity index (χ1n) is 10.2. The van der Waals surface area contributed by atoms with Gasteiger partial charge in [-0.2, -0.15) is 0 Å². The molecular weight excluding hydrogens is 495 g/mol. The molecule has 0 unspecified atom stereocenters. The number of nitrogens with one attached hydrogen (secondary N) is 2. The molecule has 0 fully saturated rings. The van der Waals surface area contributed by atoms with Gasteiger partial charge in [0.2, 0.25) is 0 Å². The van der Waals surface area contributed by atoms with Gasteiger partial charge in [0.15, 0.2) is 11.6 Å². The molecule has 0 saturated carbocycles. The lowest BCUT2D eigenvalue weighted by atomic mass is 10.2. The molecule has 0 spiro atoms. The maximum absolute atomic E-state index is 13.1. The van der Waals surface area contributed by atoms with Crippen molar-refractivity contribution >= 4 is 67.3 Å². The fourth-order valence-corrected chi connectivity index (χ4v) is 4.93. The highest BCUT2D eigenvalue weighted by molar-refractivity contribution is 7.92. The minimum atomic E-state index is -4.11. The normalized spacial score (nSPS) is 11.3. The Kier molecular flexibility index (Phi) is 6.92. The molecule has 10 heteroatoms. The molecule has 0 aliphatic rings. The molecule has 3 aromatic carbocycles. The van der Waals surface area contributed by atoms with Crippen LogP contribution in [-0.2, 0) is 14.8 Å². The molecule has 2 N–H and O–H groups in total. The first-order chi connectivity index (χ1) is 16.3. The van der Waals surface area contributed by atoms with Crippen LogP contribution in [-0.4, -0.2) is 25.0 Å². The number of sulfonamides is 1. The number of aromatic nitrogens is 2. The van der Waals surface area contributed by atoms with Crippen molar-refractivity contribution in [2.24, 2.45) is 0 Å². The van der Waals surface area contributed by atoms with E-state index < -0.39 is 10.0 Å². The lowest BCUT2D eigenvalue weighted by Gasteiger charge is -2.15. The largest absolute Gasteiger partial charge is 0.494 e. The van der Waals surface area contributed by atoms with Crippen molar-refractivity contribution < 1.29 is 13.2 Å². The standard InChI is InChI=1S/C24H20Cl2N4O3S/c1-3-33-15(2)16-8-11-18(12-9-16)27-23-24(29-21-7-5-4-6-20(21)28-23)30-34(31,32)22-14-17(25)10-13-19(22)26/h4-14H,2-3H2,1H3,(H,27,28)(H,29,30). The molecule has 1 aromatic heterocycles. The van der Waals surface area contributed by atoms with E-state index in [9.17, 15) is 8.42 Å². The second-order valence-corrected chi connectivity index (χ2v) is 9.64. The first kappa shape index (κ1) is 23.8. The molecule has 0 aliphatic heterocycles. The summed E-state index contributed by atoms with van der Waals surface area (Å²) in [6.45, 7) is 6.30. The minimum absolute atomic E-state index is 0.0116. The summed E-state index contributed by atoms with van der Waals surface area (Å²) in [5.74, 6) is 0.792. The van der Waals surface area contributed by atoms with Crippen molar-refractivity contribution in [3.05, 3.63) is 88.9 Å².